The highest BCUT2D eigenvalue weighted by molar-refractivity contribution is 7.92. The van der Waals surface area contributed by atoms with Crippen LogP contribution >= 0.6 is 0 Å². The van der Waals surface area contributed by atoms with E-state index in [0.717, 1.165) is 0 Å². The van der Waals surface area contributed by atoms with E-state index >= 15 is 0 Å². The van der Waals surface area contributed by atoms with Gasteiger partial charge in [-0.2, -0.15) is 0 Å². The van der Waals surface area contributed by atoms with Crippen LogP contribution in [0.4, 0.5) is 5.69 Å². The predicted molar refractivity (Wildman–Crippen MR) is 75.5 cm³/mol. The first kappa shape index (κ1) is 16.3. The SMILES string of the molecule is CC(C)C(C)S(=O)(=O)CC(=O)c1ccc([N+](=O)[O-])cc1. The van der Waals surface area contributed by atoms with Crippen molar-refractivity contribution in [2.24, 2.45) is 5.92 Å². The number of rotatable bonds is 6. The summed E-state index contributed by atoms with van der Waals surface area (Å²) in [5.41, 5.74) is 0.0232. The molecule has 110 valence electrons. The number of sulfone groups is 1. The van der Waals surface area contributed by atoms with Crippen LogP contribution in [-0.2, 0) is 9.84 Å². The molecule has 1 aromatic rings. The highest BCUT2D eigenvalue weighted by atomic mass is 32.2. The lowest BCUT2D eigenvalue weighted by Gasteiger charge is -2.15. The van der Waals surface area contributed by atoms with Crippen molar-refractivity contribution in [2.45, 2.75) is 26.0 Å². The van der Waals surface area contributed by atoms with Gasteiger partial charge in [-0.05, 0) is 25.0 Å². The molecule has 0 N–H and O–H groups in total. The first-order valence-electron chi connectivity index (χ1n) is 6.14. The molecule has 1 aromatic carbocycles. The fourth-order valence-corrected chi connectivity index (χ4v) is 3.21. The molecule has 0 saturated heterocycles. The van der Waals surface area contributed by atoms with E-state index in [0.29, 0.717) is 0 Å². The normalized spacial score (nSPS) is 13.2. The van der Waals surface area contributed by atoms with Gasteiger partial charge in [0.25, 0.3) is 5.69 Å². The Balaban J connectivity index is 2.89. The van der Waals surface area contributed by atoms with Gasteiger partial charge in [-0.25, -0.2) is 8.42 Å². The molecule has 0 aromatic heterocycles. The minimum absolute atomic E-state index is 0.0790. The summed E-state index contributed by atoms with van der Waals surface area (Å²) < 4.78 is 24.0. The summed E-state index contributed by atoms with van der Waals surface area (Å²) >= 11 is 0. The number of ketones is 1. The minimum Gasteiger partial charge on any atom is -0.293 e. The number of hydrogen-bond donors (Lipinski definition) is 0. The molecule has 0 saturated carbocycles. The van der Waals surface area contributed by atoms with Gasteiger partial charge in [0.05, 0.1) is 10.2 Å². The van der Waals surface area contributed by atoms with Gasteiger partial charge in [-0.3, -0.25) is 14.9 Å². The lowest BCUT2D eigenvalue weighted by atomic mass is 10.1. The van der Waals surface area contributed by atoms with Crippen LogP contribution in [0.1, 0.15) is 31.1 Å². The Bertz CT molecular complexity index is 604. The molecule has 0 heterocycles. The van der Waals surface area contributed by atoms with E-state index < -0.39 is 31.5 Å². The number of carbonyl (C=O) groups is 1. The Morgan fingerprint density at radius 1 is 1.20 bits per heavy atom. The van der Waals surface area contributed by atoms with Crippen molar-refractivity contribution in [3.05, 3.63) is 39.9 Å². The van der Waals surface area contributed by atoms with Gasteiger partial charge in [-0.15, -0.1) is 0 Å². The molecule has 0 bridgehead atoms. The van der Waals surface area contributed by atoms with E-state index in [-0.39, 0.29) is 17.2 Å². The van der Waals surface area contributed by atoms with Gasteiger partial charge in [0.2, 0.25) is 0 Å². The molecule has 0 aliphatic rings. The maximum Gasteiger partial charge on any atom is 0.269 e. The van der Waals surface area contributed by atoms with Crippen LogP contribution in [0, 0.1) is 16.0 Å². The smallest absolute Gasteiger partial charge is 0.269 e. The Morgan fingerprint density at radius 3 is 2.10 bits per heavy atom. The second kappa shape index (κ2) is 6.13. The Morgan fingerprint density at radius 2 is 1.70 bits per heavy atom. The van der Waals surface area contributed by atoms with Gasteiger partial charge >= 0.3 is 0 Å². The molecule has 0 spiro atoms. The van der Waals surface area contributed by atoms with Crippen LogP contribution in [0.25, 0.3) is 0 Å². The van der Waals surface area contributed by atoms with E-state index in [9.17, 15) is 23.3 Å². The summed E-state index contributed by atoms with van der Waals surface area (Å²) in [6.07, 6.45) is 0. The molecule has 0 amide bonds. The number of nitrogens with zero attached hydrogens (tertiary/aromatic N) is 1. The van der Waals surface area contributed by atoms with E-state index in [1.165, 1.54) is 24.3 Å². The number of non-ortho nitro benzene ring substituents is 1. The molecule has 1 atom stereocenters. The average Bonchev–Trinajstić information content (AvgIpc) is 2.37. The predicted octanol–water partition coefficient (Wildman–Crippen LogP) is 2.24. The molecule has 1 rings (SSSR count). The first-order valence-corrected chi connectivity index (χ1v) is 7.86. The summed E-state index contributed by atoms with van der Waals surface area (Å²) in [5.74, 6) is -1.21. The quantitative estimate of drug-likeness (QED) is 0.456. The fourth-order valence-electron chi connectivity index (χ4n) is 1.58. The number of hydrogen-bond acceptors (Lipinski definition) is 5. The standard InChI is InChI=1S/C13H17NO5S/c1-9(2)10(3)20(18,19)8-13(15)11-4-6-12(7-5-11)14(16)17/h4-7,9-10H,8H2,1-3H3. The summed E-state index contributed by atoms with van der Waals surface area (Å²) in [5, 5.41) is 9.89. The van der Waals surface area contributed by atoms with Crippen molar-refractivity contribution in [1.82, 2.24) is 0 Å². The zero-order chi connectivity index (χ0) is 15.5. The number of Topliss-reactive ketones (excluding diaryl/α,β-unsaturated/α-hetero) is 1. The minimum atomic E-state index is -3.52. The number of nitro groups is 1. The highest BCUT2D eigenvalue weighted by Gasteiger charge is 2.27. The van der Waals surface area contributed by atoms with Gasteiger partial charge in [-0.1, -0.05) is 13.8 Å². The largest absolute Gasteiger partial charge is 0.293 e. The van der Waals surface area contributed by atoms with Crippen LogP contribution in [0.5, 0.6) is 0 Å². The fraction of sp³-hybridized carbons (Fsp3) is 0.462. The van der Waals surface area contributed by atoms with Crippen molar-refractivity contribution in [1.29, 1.82) is 0 Å². The number of nitro benzene ring substituents is 1. The summed E-state index contributed by atoms with van der Waals surface area (Å²) in [7, 11) is -3.52. The third-order valence-corrected chi connectivity index (χ3v) is 5.58. The lowest BCUT2D eigenvalue weighted by Crippen LogP contribution is -2.29. The Hall–Kier alpha value is -1.76. The van der Waals surface area contributed by atoms with Crippen LogP contribution in [-0.4, -0.2) is 30.1 Å². The van der Waals surface area contributed by atoms with Crippen LogP contribution in [0.15, 0.2) is 24.3 Å². The molecule has 20 heavy (non-hydrogen) atoms. The highest BCUT2D eigenvalue weighted by Crippen LogP contribution is 2.16. The Kier molecular flexibility index (Phi) is 4.99. The number of benzene rings is 1. The van der Waals surface area contributed by atoms with Gasteiger partial charge in [0.15, 0.2) is 15.6 Å². The third-order valence-electron chi connectivity index (χ3n) is 3.24. The molecule has 0 radical (unpaired) electrons. The van der Waals surface area contributed by atoms with Gasteiger partial charge < -0.3 is 0 Å². The monoisotopic (exact) mass is 299 g/mol. The summed E-state index contributed by atoms with van der Waals surface area (Å²) in [6.45, 7) is 5.13. The zero-order valence-corrected chi connectivity index (χ0v) is 12.4. The lowest BCUT2D eigenvalue weighted by molar-refractivity contribution is -0.384. The zero-order valence-electron chi connectivity index (χ0n) is 11.6. The van der Waals surface area contributed by atoms with Crippen LogP contribution in [0.2, 0.25) is 0 Å². The van der Waals surface area contributed by atoms with Crippen molar-refractivity contribution in [2.75, 3.05) is 5.75 Å². The third kappa shape index (κ3) is 3.86. The van der Waals surface area contributed by atoms with E-state index in [1.807, 2.05) is 0 Å². The molecule has 7 heteroatoms. The van der Waals surface area contributed by atoms with Crippen molar-refractivity contribution in [3.63, 3.8) is 0 Å². The second-order valence-corrected chi connectivity index (χ2v) is 7.34. The van der Waals surface area contributed by atoms with Crippen LogP contribution in [0.3, 0.4) is 0 Å². The number of carbonyl (C=O) groups excluding carboxylic acids is 1. The molecule has 0 aliphatic carbocycles. The molecule has 0 aliphatic heterocycles. The summed E-state index contributed by atoms with van der Waals surface area (Å²) in [4.78, 5) is 21.8. The first-order chi connectivity index (χ1) is 9.15. The van der Waals surface area contributed by atoms with Crippen LogP contribution < -0.4 is 0 Å². The molecule has 1 unspecified atom stereocenters. The molecule has 6 nitrogen and oxygen atoms in total. The molecular formula is C13H17NO5S. The van der Waals surface area contributed by atoms with Gasteiger partial charge in [0.1, 0.15) is 5.75 Å². The maximum absolute atomic E-state index is 12.0. The maximum atomic E-state index is 12.0. The molecular weight excluding hydrogens is 282 g/mol. The average molecular weight is 299 g/mol. The summed E-state index contributed by atoms with van der Waals surface area (Å²) in [6, 6.07) is 4.92. The van der Waals surface area contributed by atoms with Crippen molar-refractivity contribution >= 4 is 21.3 Å². The molecule has 0 fully saturated rings. The topological polar surface area (TPSA) is 94.3 Å². The van der Waals surface area contributed by atoms with Crippen molar-refractivity contribution in [3.8, 4) is 0 Å². The van der Waals surface area contributed by atoms with Gasteiger partial charge in [0, 0.05) is 17.7 Å². The van der Waals surface area contributed by atoms with E-state index in [4.69, 9.17) is 0 Å². The van der Waals surface area contributed by atoms with E-state index in [1.54, 1.807) is 20.8 Å². The van der Waals surface area contributed by atoms with E-state index in [2.05, 4.69) is 0 Å². The second-order valence-electron chi connectivity index (χ2n) is 4.98. The van der Waals surface area contributed by atoms with Crippen molar-refractivity contribution < 1.29 is 18.1 Å². The Labute approximate surface area is 117 Å².